The van der Waals surface area contributed by atoms with E-state index in [0.717, 1.165) is 27.2 Å². The summed E-state index contributed by atoms with van der Waals surface area (Å²) in [7, 11) is 0. The van der Waals surface area contributed by atoms with E-state index in [9.17, 15) is 0 Å². The van der Waals surface area contributed by atoms with Crippen molar-refractivity contribution in [2.45, 2.75) is 6.92 Å². The predicted octanol–water partition coefficient (Wildman–Crippen LogP) is 3.85. The van der Waals surface area contributed by atoms with E-state index in [4.69, 9.17) is 15.2 Å². The van der Waals surface area contributed by atoms with Gasteiger partial charge in [0.25, 0.3) is 0 Å². The fraction of sp³-hybridized carbons (Fsp3) is 0.200. The molecule has 0 atom stereocenters. The molecule has 0 saturated heterocycles. The van der Waals surface area contributed by atoms with Crippen molar-refractivity contribution < 1.29 is 9.47 Å². The lowest BCUT2D eigenvalue weighted by molar-refractivity contribution is 0.172. The van der Waals surface area contributed by atoms with Gasteiger partial charge in [0.05, 0.1) is 11.4 Å². The van der Waals surface area contributed by atoms with Gasteiger partial charge >= 0.3 is 0 Å². The summed E-state index contributed by atoms with van der Waals surface area (Å²) in [6.07, 6.45) is 0. The molecule has 2 aromatic rings. The number of nitrogens with one attached hydrogen (secondary N) is 1. The zero-order valence-electron chi connectivity index (χ0n) is 11.1. The van der Waals surface area contributed by atoms with Crippen molar-refractivity contribution >= 4 is 33.0 Å². The van der Waals surface area contributed by atoms with Crippen LogP contribution in [0.4, 0.5) is 17.1 Å². The third-order valence-electron chi connectivity index (χ3n) is 3.04. The molecule has 0 unspecified atom stereocenters. The lowest BCUT2D eigenvalue weighted by atomic mass is 10.2. The largest absolute Gasteiger partial charge is 0.486 e. The highest BCUT2D eigenvalue weighted by atomic mass is 79.9. The standard InChI is InChI=1S/C15H15BrN2O2/c1-9-4-10(16)6-11(5-9)18-13-8-15-14(7-12(13)17)19-2-3-20-15/h4-8,18H,2-3,17H2,1H3. The van der Waals surface area contributed by atoms with Gasteiger partial charge in [0, 0.05) is 22.3 Å². The van der Waals surface area contributed by atoms with Crippen LogP contribution in [0.25, 0.3) is 0 Å². The molecule has 5 heteroatoms. The zero-order chi connectivity index (χ0) is 14.1. The molecule has 20 heavy (non-hydrogen) atoms. The van der Waals surface area contributed by atoms with Crippen molar-refractivity contribution in [3.63, 3.8) is 0 Å². The topological polar surface area (TPSA) is 56.5 Å². The number of hydrogen-bond donors (Lipinski definition) is 2. The third kappa shape index (κ3) is 2.67. The minimum atomic E-state index is 0.560. The Hall–Kier alpha value is -1.88. The maximum atomic E-state index is 6.06. The number of aryl methyl sites for hydroxylation is 1. The first kappa shape index (κ1) is 13.1. The smallest absolute Gasteiger partial charge is 0.163 e. The van der Waals surface area contributed by atoms with Crippen LogP contribution in [0.15, 0.2) is 34.8 Å². The summed E-state index contributed by atoms with van der Waals surface area (Å²) < 4.78 is 12.1. The van der Waals surface area contributed by atoms with E-state index >= 15 is 0 Å². The number of nitrogens with two attached hydrogens (primary N) is 1. The van der Waals surface area contributed by atoms with Crippen molar-refractivity contribution in [1.29, 1.82) is 0 Å². The number of hydrogen-bond acceptors (Lipinski definition) is 4. The summed E-state index contributed by atoms with van der Waals surface area (Å²) >= 11 is 3.49. The van der Waals surface area contributed by atoms with Crippen LogP contribution < -0.4 is 20.5 Å². The number of nitrogen functional groups attached to an aromatic ring is 1. The quantitative estimate of drug-likeness (QED) is 0.819. The molecule has 0 fully saturated rings. The van der Waals surface area contributed by atoms with Crippen molar-refractivity contribution in [3.05, 3.63) is 40.4 Å². The van der Waals surface area contributed by atoms with Crippen molar-refractivity contribution in [3.8, 4) is 11.5 Å². The Morgan fingerprint density at radius 3 is 2.45 bits per heavy atom. The van der Waals surface area contributed by atoms with Crippen LogP contribution in [0.2, 0.25) is 0 Å². The van der Waals surface area contributed by atoms with Gasteiger partial charge in [-0.25, -0.2) is 0 Å². The second-order valence-corrected chi connectivity index (χ2v) is 5.64. The van der Waals surface area contributed by atoms with Gasteiger partial charge in [0.2, 0.25) is 0 Å². The normalized spacial score (nSPS) is 13.1. The molecule has 0 radical (unpaired) electrons. The molecule has 1 heterocycles. The molecular weight excluding hydrogens is 320 g/mol. The summed E-state index contributed by atoms with van der Waals surface area (Å²) in [6.45, 7) is 3.17. The first-order valence-corrected chi connectivity index (χ1v) is 7.14. The summed E-state index contributed by atoms with van der Waals surface area (Å²) in [5, 5.41) is 3.31. The summed E-state index contributed by atoms with van der Waals surface area (Å²) in [6, 6.07) is 9.78. The Labute approximate surface area is 126 Å². The van der Waals surface area contributed by atoms with E-state index in [1.54, 1.807) is 6.07 Å². The summed E-state index contributed by atoms with van der Waals surface area (Å²) in [5.41, 5.74) is 9.64. The van der Waals surface area contributed by atoms with Crippen LogP contribution in [0.1, 0.15) is 5.56 Å². The predicted molar refractivity (Wildman–Crippen MR) is 84.0 cm³/mol. The van der Waals surface area contributed by atoms with Crippen LogP contribution in [0.5, 0.6) is 11.5 Å². The van der Waals surface area contributed by atoms with Crippen LogP contribution in [-0.2, 0) is 0 Å². The average molecular weight is 335 g/mol. The molecule has 1 aliphatic rings. The van der Waals surface area contributed by atoms with Crippen LogP contribution in [0, 0.1) is 6.92 Å². The lowest BCUT2D eigenvalue weighted by Crippen LogP contribution is -2.15. The zero-order valence-corrected chi connectivity index (χ0v) is 12.7. The second kappa shape index (κ2) is 5.25. The Bertz CT molecular complexity index is 638. The van der Waals surface area contributed by atoms with E-state index < -0.39 is 0 Å². The molecule has 4 nitrogen and oxygen atoms in total. The first-order valence-electron chi connectivity index (χ1n) is 6.35. The molecule has 2 aromatic carbocycles. The fourth-order valence-electron chi connectivity index (χ4n) is 2.18. The molecule has 104 valence electrons. The number of anilines is 3. The summed E-state index contributed by atoms with van der Waals surface area (Å²) in [5.74, 6) is 1.42. The molecule has 0 amide bonds. The maximum absolute atomic E-state index is 6.06. The van der Waals surface area contributed by atoms with E-state index in [1.165, 1.54) is 0 Å². The third-order valence-corrected chi connectivity index (χ3v) is 3.49. The van der Waals surface area contributed by atoms with Gasteiger partial charge in [0.1, 0.15) is 13.2 Å². The average Bonchev–Trinajstić information content (AvgIpc) is 2.38. The summed E-state index contributed by atoms with van der Waals surface area (Å²) in [4.78, 5) is 0. The van der Waals surface area contributed by atoms with E-state index in [2.05, 4.69) is 33.4 Å². The number of halogens is 1. The van der Waals surface area contributed by atoms with Crippen LogP contribution in [-0.4, -0.2) is 13.2 Å². The van der Waals surface area contributed by atoms with Gasteiger partial charge in [-0.15, -0.1) is 0 Å². The van der Waals surface area contributed by atoms with Crippen molar-refractivity contribution in [2.75, 3.05) is 24.3 Å². The van der Waals surface area contributed by atoms with Gasteiger partial charge in [-0.3, -0.25) is 0 Å². The molecule has 3 rings (SSSR count). The molecule has 0 spiro atoms. The van der Waals surface area contributed by atoms with Crippen LogP contribution in [0.3, 0.4) is 0 Å². The van der Waals surface area contributed by atoms with Gasteiger partial charge in [-0.2, -0.15) is 0 Å². The van der Waals surface area contributed by atoms with Crippen molar-refractivity contribution in [2.24, 2.45) is 0 Å². The number of rotatable bonds is 2. The van der Waals surface area contributed by atoms with E-state index in [0.29, 0.717) is 24.7 Å². The first-order chi connectivity index (χ1) is 9.61. The Morgan fingerprint density at radius 2 is 1.75 bits per heavy atom. The second-order valence-electron chi connectivity index (χ2n) is 4.73. The fourth-order valence-corrected chi connectivity index (χ4v) is 2.78. The number of fused-ring (bicyclic) bond motifs is 1. The highest BCUT2D eigenvalue weighted by Gasteiger charge is 2.14. The number of ether oxygens (including phenoxy) is 2. The molecule has 3 N–H and O–H groups in total. The van der Waals surface area contributed by atoms with Gasteiger partial charge in [-0.1, -0.05) is 15.9 Å². The Balaban J connectivity index is 1.94. The molecule has 0 saturated carbocycles. The monoisotopic (exact) mass is 334 g/mol. The molecular formula is C15H15BrN2O2. The highest BCUT2D eigenvalue weighted by Crippen LogP contribution is 2.38. The van der Waals surface area contributed by atoms with Crippen LogP contribution >= 0.6 is 15.9 Å². The SMILES string of the molecule is Cc1cc(Br)cc(Nc2cc3c(cc2N)OCCO3)c1. The Kier molecular flexibility index (Phi) is 3.44. The molecule has 0 bridgehead atoms. The van der Waals surface area contributed by atoms with Gasteiger partial charge < -0.3 is 20.5 Å². The highest BCUT2D eigenvalue weighted by molar-refractivity contribution is 9.10. The maximum Gasteiger partial charge on any atom is 0.163 e. The molecule has 1 aliphatic heterocycles. The van der Waals surface area contributed by atoms with Gasteiger partial charge in [-0.05, 0) is 30.7 Å². The van der Waals surface area contributed by atoms with Gasteiger partial charge in [0.15, 0.2) is 11.5 Å². The molecule has 0 aliphatic carbocycles. The Morgan fingerprint density at radius 1 is 1.05 bits per heavy atom. The lowest BCUT2D eigenvalue weighted by Gasteiger charge is -2.20. The van der Waals surface area contributed by atoms with Crippen molar-refractivity contribution in [1.82, 2.24) is 0 Å². The minimum absolute atomic E-state index is 0.560. The van der Waals surface area contributed by atoms with E-state index in [-0.39, 0.29) is 0 Å². The van der Waals surface area contributed by atoms with E-state index in [1.807, 2.05) is 19.1 Å². The number of benzene rings is 2. The minimum Gasteiger partial charge on any atom is -0.486 e. The molecule has 0 aromatic heterocycles.